The van der Waals surface area contributed by atoms with Crippen LogP contribution >= 0.6 is 0 Å². The molecule has 3 N–H and O–H groups in total. The Morgan fingerprint density at radius 3 is 2.25 bits per heavy atom. The fraction of sp³-hybridized carbons (Fsp3) is 0.933. The molecule has 5 heteroatoms. The van der Waals surface area contributed by atoms with Crippen LogP contribution in [0.4, 0.5) is 0 Å². The molecule has 5 nitrogen and oxygen atoms in total. The van der Waals surface area contributed by atoms with Crippen LogP contribution in [0.5, 0.6) is 0 Å². The van der Waals surface area contributed by atoms with Crippen molar-refractivity contribution in [1.29, 1.82) is 0 Å². The average molecular weight is 290 g/mol. The van der Waals surface area contributed by atoms with E-state index < -0.39 is 5.60 Å². The van der Waals surface area contributed by atoms with E-state index in [0.29, 0.717) is 19.5 Å². The molecule has 1 amide bonds. The van der Waals surface area contributed by atoms with Gasteiger partial charge in [0.05, 0.1) is 11.2 Å². The van der Waals surface area contributed by atoms with Gasteiger partial charge >= 0.3 is 0 Å². The summed E-state index contributed by atoms with van der Waals surface area (Å²) in [5, 5.41) is 9.89. The first kappa shape index (κ1) is 21.6. The van der Waals surface area contributed by atoms with E-state index in [0.717, 1.165) is 25.8 Å². The number of methoxy groups -OCH3 is 1. The van der Waals surface area contributed by atoms with E-state index in [2.05, 4.69) is 0 Å². The maximum atomic E-state index is 10.4. The van der Waals surface area contributed by atoms with Crippen molar-refractivity contribution in [1.82, 2.24) is 4.90 Å². The van der Waals surface area contributed by atoms with Gasteiger partial charge in [0.2, 0.25) is 6.41 Å². The molecule has 0 aliphatic carbocycles. The van der Waals surface area contributed by atoms with E-state index in [1.807, 2.05) is 34.6 Å². The lowest BCUT2D eigenvalue weighted by molar-refractivity contribution is -0.125. The first-order valence-corrected chi connectivity index (χ1v) is 7.43. The number of hydrogen-bond donors (Lipinski definition) is 2. The van der Waals surface area contributed by atoms with Gasteiger partial charge in [0, 0.05) is 20.2 Å². The van der Waals surface area contributed by atoms with Crippen LogP contribution in [0.15, 0.2) is 0 Å². The van der Waals surface area contributed by atoms with Crippen molar-refractivity contribution in [3.05, 3.63) is 0 Å². The molecule has 1 aliphatic rings. The summed E-state index contributed by atoms with van der Waals surface area (Å²) in [7, 11) is 1.71. The minimum Gasteiger partial charge on any atom is -0.388 e. The minimum absolute atomic E-state index is 0.0417. The molecule has 1 fully saturated rings. The fourth-order valence-corrected chi connectivity index (χ4v) is 1.71. The second-order valence-electron chi connectivity index (χ2n) is 5.76. The largest absolute Gasteiger partial charge is 0.388 e. The topological polar surface area (TPSA) is 75.8 Å². The molecule has 0 radical (unpaired) electrons. The molecular formula is C15H34N2O3. The number of rotatable bonds is 3. The summed E-state index contributed by atoms with van der Waals surface area (Å²) in [5.41, 5.74) is 4.68. The third-order valence-corrected chi connectivity index (χ3v) is 2.96. The third kappa shape index (κ3) is 11.2. The molecule has 1 heterocycles. The van der Waals surface area contributed by atoms with Crippen LogP contribution in [-0.4, -0.2) is 54.4 Å². The van der Waals surface area contributed by atoms with Gasteiger partial charge < -0.3 is 20.5 Å². The second kappa shape index (κ2) is 11.1. The molecular weight excluding hydrogens is 256 g/mol. The molecule has 0 spiro atoms. The van der Waals surface area contributed by atoms with Crippen molar-refractivity contribution >= 4 is 6.41 Å². The van der Waals surface area contributed by atoms with Gasteiger partial charge in [0.1, 0.15) is 0 Å². The molecule has 1 rings (SSSR count). The highest BCUT2D eigenvalue weighted by atomic mass is 16.5. The number of nitrogens with zero attached hydrogens (tertiary/aromatic N) is 1. The van der Waals surface area contributed by atoms with Crippen LogP contribution in [0.25, 0.3) is 0 Å². The minimum atomic E-state index is -0.728. The van der Waals surface area contributed by atoms with Gasteiger partial charge in [-0.05, 0) is 46.6 Å². The average Bonchev–Trinajstić information content (AvgIpc) is 2.41. The number of aliphatic hydroxyl groups is 1. The van der Waals surface area contributed by atoms with E-state index >= 15 is 0 Å². The highest BCUT2D eigenvalue weighted by Gasteiger charge is 2.31. The Hall–Kier alpha value is -0.650. The molecule has 1 unspecified atom stereocenters. The van der Waals surface area contributed by atoms with Gasteiger partial charge in [-0.1, -0.05) is 13.8 Å². The number of nitrogens with two attached hydrogens (primary N) is 1. The van der Waals surface area contributed by atoms with Crippen LogP contribution in [0.2, 0.25) is 0 Å². The number of carbonyl (C=O) groups is 1. The number of hydrogen-bond acceptors (Lipinski definition) is 4. The molecule has 1 atom stereocenters. The summed E-state index contributed by atoms with van der Waals surface area (Å²) in [5.74, 6) is 0. The maximum absolute atomic E-state index is 10.4. The standard InChI is InChI=1S/C8H16N2O2.C5H12O.C2H6/c9-4-3-8(12)2-1-5-10(6-8)7-11;1-5(2,3)6-4;1-2/h7,12H,1-6,9H2;1-4H3;1-2H3. The Kier molecular flexibility index (Phi) is 12.0. The van der Waals surface area contributed by atoms with Gasteiger partial charge in [-0.25, -0.2) is 0 Å². The molecule has 1 saturated heterocycles. The van der Waals surface area contributed by atoms with Crippen LogP contribution in [0.1, 0.15) is 53.9 Å². The summed E-state index contributed by atoms with van der Waals surface area (Å²) in [6.45, 7) is 11.7. The molecule has 1 aliphatic heterocycles. The number of ether oxygens (including phenoxy) is 1. The number of piperidine rings is 1. The van der Waals surface area contributed by atoms with E-state index in [4.69, 9.17) is 10.5 Å². The van der Waals surface area contributed by atoms with Crippen molar-refractivity contribution in [2.24, 2.45) is 5.73 Å². The second-order valence-corrected chi connectivity index (χ2v) is 5.76. The third-order valence-electron chi connectivity index (χ3n) is 2.96. The van der Waals surface area contributed by atoms with Gasteiger partial charge in [-0.2, -0.15) is 0 Å². The first-order valence-electron chi connectivity index (χ1n) is 7.43. The number of carbonyl (C=O) groups excluding carboxylic acids is 1. The van der Waals surface area contributed by atoms with Crippen LogP contribution < -0.4 is 5.73 Å². The number of likely N-dealkylation sites (tertiary alicyclic amines) is 1. The summed E-state index contributed by atoms with van der Waals surface area (Å²) in [6, 6.07) is 0. The molecule has 122 valence electrons. The number of amides is 1. The highest BCUT2D eigenvalue weighted by Crippen LogP contribution is 2.22. The zero-order valence-electron chi connectivity index (χ0n) is 14.1. The smallest absolute Gasteiger partial charge is 0.209 e. The monoisotopic (exact) mass is 290 g/mol. The molecule has 20 heavy (non-hydrogen) atoms. The SMILES string of the molecule is CC.COC(C)(C)C.NCCC1(O)CCCN(C=O)C1. The van der Waals surface area contributed by atoms with Crippen molar-refractivity contribution in [2.45, 2.75) is 65.1 Å². The van der Waals surface area contributed by atoms with Gasteiger partial charge in [-0.15, -0.1) is 0 Å². The first-order chi connectivity index (χ1) is 9.26. The Morgan fingerprint density at radius 1 is 1.40 bits per heavy atom. The summed E-state index contributed by atoms with van der Waals surface area (Å²) < 4.78 is 4.94. The van der Waals surface area contributed by atoms with E-state index in [1.54, 1.807) is 12.0 Å². The van der Waals surface area contributed by atoms with E-state index in [-0.39, 0.29) is 5.60 Å². The fourth-order valence-electron chi connectivity index (χ4n) is 1.71. The highest BCUT2D eigenvalue weighted by molar-refractivity contribution is 5.47. The zero-order chi connectivity index (χ0) is 16.2. The predicted octanol–water partition coefficient (Wildman–Crippen LogP) is 1.78. The van der Waals surface area contributed by atoms with Gasteiger partial charge in [-0.3, -0.25) is 4.79 Å². The van der Waals surface area contributed by atoms with E-state index in [1.165, 1.54) is 0 Å². The molecule has 0 bridgehead atoms. The van der Waals surface area contributed by atoms with E-state index in [9.17, 15) is 9.90 Å². The van der Waals surface area contributed by atoms with Crippen LogP contribution in [0, 0.1) is 0 Å². The molecule has 0 aromatic heterocycles. The Labute approximate surface area is 124 Å². The Bertz CT molecular complexity index is 238. The zero-order valence-corrected chi connectivity index (χ0v) is 14.1. The molecule has 0 aromatic carbocycles. The van der Waals surface area contributed by atoms with Crippen molar-refractivity contribution < 1.29 is 14.6 Å². The Balaban J connectivity index is 0. The summed E-state index contributed by atoms with van der Waals surface area (Å²) >= 11 is 0. The lowest BCUT2D eigenvalue weighted by Crippen LogP contribution is -2.48. The van der Waals surface area contributed by atoms with Crippen LogP contribution in [0.3, 0.4) is 0 Å². The lowest BCUT2D eigenvalue weighted by Gasteiger charge is -2.37. The summed E-state index contributed by atoms with van der Waals surface area (Å²) in [6.07, 6.45) is 3.00. The predicted molar refractivity (Wildman–Crippen MR) is 83.6 cm³/mol. The van der Waals surface area contributed by atoms with Crippen molar-refractivity contribution in [3.63, 3.8) is 0 Å². The van der Waals surface area contributed by atoms with Gasteiger partial charge in [0.15, 0.2) is 0 Å². The summed E-state index contributed by atoms with van der Waals surface area (Å²) in [4.78, 5) is 12.0. The van der Waals surface area contributed by atoms with Crippen molar-refractivity contribution in [2.75, 3.05) is 26.7 Å². The molecule has 0 saturated carbocycles. The normalized spacial score (nSPS) is 22.1. The van der Waals surface area contributed by atoms with Crippen molar-refractivity contribution in [3.8, 4) is 0 Å². The maximum Gasteiger partial charge on any atom is 0.209 e. The van der Waals surface area contributed by atoms with Gasteiger partial charge in [0.25, 0.3) is 0 Å². The number of β-amino-alcohol motifs (C(OH)–C–C–N with tert-alkyl or cyclic N) is 1. The lowest BCUT2D eigenvalue weighted by atomic mass is 9.90. The molecule has 0 aromatic rings. The quantitative estimate of drug-likeness (QED) is 0.777. The Morgan fingerprint density at radius 2 is 1.90 bits per heavy atom. The van der Waals surface area contributed by atoms with Crippen LogP contribution in [-0.2, 0) is 9.53 Å².